The number of carbonyl (C=O) groups is 1. The molecule has 3 nitrogen and oxygen atoms in total. The molecule has 5 heteroatoms. The number of carbonyl (C=O) groups excluding carboxylic acids is 1. The largest absolute Gasteiger partial charge is 0.334 e. The Bertz CT molecular complexity index is 705. The summed E-state index contributed by atoms with van der Waals surface area (Å²) in [5, 5.41) is 3.34. The Kier molecular flexibility index (Phi) is 5.31. The van der Waals surface area contributed by atoms with E-state index in [1.165, 1.54) is 23.5 Å². The first-order chi connectivity index (χ1) is 11.6. The van der Waals surface area contributed by atoms with Crippen LogP contribution in [0.3, 0.4) is 0 Å². The second-order valence-electron chi connectivity index (χ2n) is 6.23. The van der Waals surface area contributed by atoms with Crippen LogP contribution in [0, 0.1) is 12.7 Å². The lowest BCUT2D eigenvalue weighted by Crippen LogP contribution is -2.41. The molecule has 2 aromatic rings. The number of thiophene rings is 1. The molecule has 128 valence electrons. The van der Waals surface area contributed by atoms with Crippen molar-refractivity contribution in [2.45, 2.75) is 32.7 Å². The van der Waals surface area contributed by atoms with Gasteiger partial charge in [-0.15, -0.1) is 11.3 Å². The average Bonchev–Trinajstić information content (AvgIpc) is 3.23. The smallest absolute Gasteiger partial charge is 0.264 e. The predicted octanol–water partition coefficient (Wildman–Crippen LogP) is 4.08. The molecule has 1 N–H and O–H groups in total. The zero-order valence-corrected chi connectivity index (χ0v) is 15.0. The summed E-state index contributed by atoms with van der Waals surface area (Å²) in [5.41, 5.74) is 1.97. The molecule has 1 unspecified atom stereocenters. The van der Waals surface area contributed by atoms with Crippen molar-refractivity contribution in [1.29, 1.82) is 0 Å². The van der Waals surface area contributed by atoms with Gasteiger partial charge in [-0.2, -0.15) is 0 Å². The van der Waals surface area contributed by atoms with E-state index in [4.69, 9.17) is 0 Å². The number of hydrogen-bond donors (Lipinski definition) is 1. The van der Waals surface area contributed by atoms with E-state index in [1.807, 2.05) is 17.9 Å². The van der Waals surface area contributed by atoms with Crippen LogP contribution in [0.2, 0.25) is 0 Å². The molecule has 1 aliphatic rings. The van der Waals surface area contributed by atoms with Crippen LogP contribution in [0.5, 0.6) is 0 Å². The molecule has 0 aliphatic carbocycles. The summed E-state index contributed by atoms with van der Waals surface area (Å²) in [5.74, 6) is -0.127. The van der Waals surface area contributed by atoms with Crippen LogP contribution in [0.4, 0.5) is 4.39 Å². The number of nitrogens with one attached hydrogen (secondary N) is 1. The third-order valence-electron chi connectivity index (χ3n) is 4.48. The average molecular weight is 346 g/mol. The Hall–Kier alpha value is -1.72. The van der Waals surface area contributed by atoms with Gasteiger partial charge in [0.05, 0.1) is 4.88 Å². The topological polar surface area (TPSA) is 32.3 Å². The van der Waals surface area contributed by atoms with Gasteiger partial charge < -0.3 is 10.2 Å². The van der Waals surface area contributed by atoms with Crippen molar-refractivity contribution in [2.75, 3.05) is 19.6 Å². The highest BCUT2D eigenvalue weighted by atomic mass is 32.1. The van der Waals surface area contributed by atoms with Gasteiger partial charge in [0, 0.05) is 24.0 Å². The molecule has 1 aliphatic heterocycles. The lowest BCUT2D eigenvalue weighted by Gasteiger charge is -2.27. The van der Waals surface area contributed by atoms with Gasteiger partial charge in [0.15, 0.2) is 0 Å². The molecule has 3 rings (SSSR count). The first kappa shape index (κ1) is 17.1. The van der Waals surface area contributed by atoms with Crippen LogP contribution in [-0.4, -0.2) is 36.5 Å². The van der Waals surface area contributed by atoms with Gasteiger partial charge in [0.2, 0.25) is 0 Å². The number of nitrogens with zero attached hydrogens (tertiary/aromatic N) is 1. The number of hydrogen-bond acceptors (Lipinski definition) is 3. The zero-order valence-electron chi connectivity index (χ0n) is 14.1. The van der Waals surface area contributed by atoms with E-state index in [9.17, 15) is 9.18 Å². The van der Waals surface area contributed by atoms with Crippen LogP contribution in [0.15, 0.2) is 30.3 Å². The summed E-state index contributed by atoms with van der Waals surface area (Å²) in [4.78, 5) is 16.9. The molecule has 1 amide bonds. The van der Waals surface area contributed by atoms with Crippen LogP contribution < -0.4 is 5.32 Å². The molecule has 0 spiro atoms. The lowest BCUT2D eigenvalue weighted by atomic mass is 10.1. The van der Waals surface area contributed by atoms with Crippen molar-refractivity contribution < 1.29 is 9.18 Å². The van der Waals surface area contributed by atoms with E-state index in [2.05, 4.69) is 12.2 Å². The van der Waals surface area contributed by atoms with Gasteiger partial charge >= 0.3 is 0 Å². The fourth-order valence-corrected chi connectivity index (χ4v) is 4.24. The van der Waals surface area contributed by atoms with Gasteiger partial charge in [-0.05, 0) is 55.6 Å². The third-order valence-corrected chi connectivity index (χ3v) is 5.52. The van der Waals surface area contributed by atoms with Crippen LogP contribution >= 0.6 is 11.3 Å². The quantitative estimate of drug-likeness (QED) is 0.885. The maximum absolute atomic E-state index is 13.1. The minimum absolute atomic E-state index is 0.118. The Morgan fingerprint density at radius 3 is 2.75 bits per heavy atom. The molecule has 1 fully saturated rings. The maximum atomic E-state index is 13.1. The third kappa shape index (κ3) is 3.52. The molecular formula is C19H23FN2OS. The van der Waals surface area contributed by atoms with E-state index in [0.717, 1.165) is 53.4 Å². The molecule has 0 bridgehead atoms. The van der Waals surface area contributed by atoms with Crippen molar-refractivity contribution in [2.24, 2.45) is 0 Å². The minimum atomic E-state index is -0.245. The van der Waals surface area contributed by atoms with E-state index in [1.54, 1.807) is 12.1 Å². The predicted molar refractivity (Wildman–Crippen MR) is 97.1 cm³/mol. The SMILES string of the molecule is CCCN(C(=O)c1cc(-c2ccc(F)cc2)c(C)s1)C1CCNC1. The minimum Gasteiger partial charge on any atom is -0.334 e. The van der Waals surface area contributed by atoms with Gasteiger partial charge in [-0.1, -0.05) is 19.1 Å². The fourth-order valence-electron chi connectivity index (χ4n) is 3.24. The van der Waals surface area contributed by atoms with Crippen molar-refractivity contribution in [3.8, 4) is 11.1 Å². The maximum Gasteiger partial charge on any atom is 0.264 e. The highest BCUT2D eigenvalue weighted by Gasteiger charge is 2.28. The van der Waals surface area contributed by atoms with E-state index < -0.39 is 0 Å². The standard InChI is InChI=1S/C19H23FN2OS/c1-3-10-22(16-8-9-21-12-16)19(23)18-11-17(13(2)24-18)14-4-6-15(20)7-5-14/h4-7,11,16,21H,3,8-10,12H2,1-2H3. The van der Waals surface area contributed by atoms with Crippen LogP contribution in [0.25, 0.3) is 11.1 Å². The summed E-state index contributed by atoms with van der Waals surface area (Å²) in [7, 11) is 0. The second-order valence-corrected chi connectivity index (χ2v) is 7.49. The van der Waals surface area contributed by atoms with Crippen LogP contribution in [0.1, 0.15) is 34.3 Å². The van der Waals surface area contributed by atoms with E-state index >= 15 is 0 Å². The van der Waals surface area contributed by atoms with E-state index in [-0.39, 0.29) is 17.8 Å². The Morgan fingerprint density at radius 2 is 2.12 bits per heavy atom. The summed E-state index contributed by atoms with van der Waals surface area (Å²) >= 11 is 1.53. The summed E-state index contributed by atoms with van der Waals surface area (Å²) in [6, 6.07) is 8.70. The first-order valence-corrected chi connectivity index (χ1v) is 9.30. The van der Waals surface area contributed by atoms with Gasteiger partial charge in [-0.3, -0.25) is 4.79 Å². The fraction of sp³-hybridized carbons (Fsp3) is 0.421. The summed E-state index contributed by atoms with van der Waals surface area (Å²) < 4.78 is 13.1. The highest BCUT2D eigenvalue weighted by Crippen LogP contribution is 2.32. The molecule has 1 atom stereocenters. The number of rotatable bonds is 5. The monoisotopic (exact) mass is 346 g/mol. The van der Waals surface area contributed by atoms with Crippen molar-refractivity contribution in [3.05, 3.63) is 45.9 Å². The van der Waals surface area contributed by atoms with Crippen LogP contribution in [-0.2, 0) is 0 Å². The number of halogens is 1. The van der Waals surface area contributed by atoms with Gasteiger partial charge in [0.1, 0.15) is 5.82 Å². The van der Waals surface area contributed by atoms with Crippen molar-refractivity contribution in [3.63, 3.8) is 0 Å². The number of amides is 1. The highest BCUT2D eigenvalue weighted by molar-refractivity contribution is 7.14. The normalized spacial score (nSPS) is 17.2. The molecule has 0 saturated carbocycles. The molecule has 1 saturated heterocycles. The molecule has 2 heterocycles. The second kappa shape index (κ2) is 7.45. The Morgan fingerprint density at radius 1 is 1.38 bits per heavy atom. The summed E-state index contributed by atoms with van der Waals surface area (Å²) in [6.45, 7) is 6.76. The summed E-state index contributed by atoms with van der Waals surface area (Å²) in [6.07, 6.45) is 1.97. The number of benzene rings is 1. The Balaban J connectivity index is 1.87. The van der Waals surface area contributed by atoms with Crippen molar-refractivity contribution >= 4 is 17.2 Å². The molecule has 24 heavy (non-hydrogen) atoms. The lowest BCUT2D eigenvalue weighted by molar-refractivity contribution is 0.0697. The molecule has 1 aromatic carbocycles. The number of aryl methyl sites for hydroxylation is 1. The Labute approximate surface area is 146 Å². The van der Waals surface area contributed by atoms with Gasteiger partial charge in [-0.25, -0.2) is 4.39 Å². The van der Waals surface area contributed by atoms with Crippen molar-refractivity contribution in [1.82, 2.24) is 10.2 Å². The molecule has 1 aromatic heterocycles. The van der Waals surface area contributed by atoms with Gasteiger partial charge in [0.25, 0.3) is 5.91 Å². The van der Waals surface area contributed by atoms with E-state index in [0.29, 0.717) is 0 Å². The molecular weight excluding hydrogens is 323 g/mol. The zero-order chi connectivity index (χ0) is 17.1. The first-order valence-electron chi connectivity index (χ1n) is 8.48. The molecule has 0 radical (unpaired) electrons.